The van der Waals surface area contributed by atoms with E-state index >= 15 is 0 Å². The molecule has 23 heavy (non-hydrogen) atoms. The molecule has 3 unspecified atom stereocenters. The van der Waals surface area contributed by atoms with Crippen molar-refractivity contribution in [2.45, 2.75) is 31.7 Å². The van der Waals surface area contributed by atoms with Crippen molar-refractivity contribution in [3.8, 4) is 0 Å². The Balaban J connectivity index is 1.38. The molecule has 4 heteroatoms. The van der Waals surface area contributed by atoms with Gasteiger partial charge in [-0.05, 0) is 54.1 Å². The predicted molar refractivity (Wildman–Crippen MR) is 99.6 cm³/mol. The van der Waals surface area contributed by atoms with Crippen LogP contribution in [-0.2, 0) is 0 Å². The van der Waals surface area contributed by atoms with E-state index in [0.717, 1.165) is 17.4 Å². The summed E-state index contributed by atoms with van der Waals surface area (Å²) in [5.74, 6) is 1.72. The molecule has 2 N–H and O–H groups in total. The van der Waals surface area contributed by atoms with E-state index in [1.54, 1.807) is 0 Å². The Morgan fingerprint density at radius 3 is 2.78 bits per heavy atom. The molecular formula is C19H21N3S. The number of hydrogen-bond donors (Lipinski definition) is 2. The van der Waals surface area contributed by atoms with Crippen molar-refractivity contribution in [2.24, 2.45) is 16.9 Å². The van der Waals surface area contributed by atoms with Crippen LogP contribution >= 0.6 is 12.2 Å². The van der Waals surface area contributed by atoms with Crippen LogP contribution < -0.4 is 10.7 Å². The molecule has 3 nitrogen and oxygen atoms in total. The third kappa shape index (κ3) is 3.08. The zero-order chi connectivity index (χ0) is 15.6. The van der Waals surface area contributed by atoms with Gasteiger partial charge >= 0.3 is 0 Å². The van der Waals surface area contributed by atoms with Crippen LogP contribution in [0.5, 0.6) is 0 Å². The number of thiocarbonyl (C=S) groups is 1. The summed E-state index contributed by atoms with van der Waals surface area (Å²) in [5, 5.41) is 10.8. The van der Waals surface area contributed by atoms with Crippen LogP contribution in [0.4, 0.5) is 0 Å². The fraction of sp³-hybridized carbons (Fsp3) is 0.368. The lowest BCUT2D eigenvalue weighted by molar-refractivity contribution is 0.389. The average molecular weight is 323 g/mol. The minimum Gasteiger partial charge on any atom is -0.358 e. The maximum Gasteiger partial charge on any atom is 0.187 e. The van der Waals surface area contributed by atoms with Crippen molar-refractivity contribution in [3.63, 3.8) is 0 Å². The first kappa shape index (κ1) is 14.6. The van der Waals surface area contributed by atoms with Gasteiger partial charge in [0.15, 0.2) is 5.11 Å². The summed E-state index contributed by atoms with van der Waals surface area (Å²) >= 11 is 5.38. The van der Waals surface area contributed by atoms with E-state index in [0.29, 0.717) is 11.2 Å². The third-order valence-electron chi connectivity index (χ3n) is 5.25. The Labute approximate surface area is 142 Å². The Morgan fingerprint density at radius 1 is 1.09 bits per heavy atom. The first-order valence-corrected chi connectivity index (χ1v) is 8.78. The van der Waals surface area contributed by atoms with Gasteiger partial charge in [0.25, 0.3) is 0 Å². The molecule has 0 saturated heterocycles. The van der Waals surface area contributed by atoms with Gasteiger partial charge in [-0.15, -0.1) is 0 Å². The Bertz CT molecular complexity index is 750. The van der Waals surface area contributed by atoms with Crippen LogP contribution in [0.15, 0.2) is 47.6 Å². The largest absolute Gasteiger partial charge is 0.358 e. The van der Waals surface area contributed by atoms with Crippen molar-refractivity contribution < 1.29 is 0 Å². The molecule has 4 rings (SSSR count). The van der Waals surface area contributed by atoms with Crippen LogP contribution in [0.25, 0.3) is 10.8 Å². The first-order valence-electron chi connectivity index (χ1n) is 8.37. The highest BCUT2D eigenvalue weighted by atomic mass is 32.1. The van der Waals surface area contributed by atoms with Gasteiger partial charge in [0.2, 0.25) is 0 Å². The fourth-order valence-electron chi connectivity index (χ4n) is 4.15. The molecule has 2 bridgehead atoms. The highest BCUT2D eigenvalue weighted by Crippen LogP contribution is 2.44. The molecule has 2 aliphatic rings. The van der Waals surface area contributed by atoms with Crippen molar-refractivity contribution >= 4 is 34.3 Å². The van der Waals surface area contributed by atoms with Crippen LogP contribution in [0, 0.1) is 11.8 Å². The lowest BCUT2D eigenvalue weighted by Gasteiger charge is -2.23. The average Bonchev–Trinajstić information content (AvgIpc) is 3.18. The second-order valence-corrected chi connectivity index (χ2v) is 7.10. The van der Waals surface area contributed by atoms with Gasteiger partial charge in [0.1, 0.15) is 0 Å². The molecule has 118 valence electrons. The highest BCUT2D eigenvalue weighted by molar-refractivity contribution is 7.80. The quantitative estimate of drug-likeness (QED) is 0.512. The molecule has 0 heterocycles. The van der Waals surface area contributed by atoms with Gasteiger partial charge in [-0.2, -0.15) is 5.10 Å². The first-order chi connectivity index (χ1) is 11.3. The summed E-state index contributed by atoms with van der Waals surface area (Å²) in [5.41, 5.74) is 4.07. The number of benzene rings is 2. The molecule has 0 amide bonds. The summed E-state index contributed by atoms with van der Waals surface area (Å²) in [6, 6.07) is 15.1. The minimum absolute atomic E-state index is 0.543. The summed E-state index contributed by atoms with van der Waals surface area (Å²) in [6.45, 7) is 0. The molecule has 0 radical (unpaired) electrons. The van der Waals surface area contributed by atoms with Gasteiger partial charge in [-0.3, -0.25) is 5.43 Å². The van der Waals surface area contributed by atoms with E-state index in [2.05, 4.69) is 58.3 Å². The second kappa shape index (κ2) is 6.28. The van der Waals surface area contributed by atoms with E-state index in [9.17, 15) is 0 Å². The number of nitrogens with zero attached hydrogens (tertiary/aromatic N) is 1. The molecule has 0 spiro atoms. The Morgan fingerprint density at radius 2 is 1.96 bits per heavy atom. The van der Waals surface area contributed by atoms with Crippen LogP contribution in [-0.4, -0.2) is 17.4 Å². The summed E-state index contributed by atoms with van der Waals surface area (Å²) in [6.07, 6.45) is 7.24. The van der Waals surface area contributed by atoms with Crippen LogP contribution in [0.3, 0.4) is 0 Å². The van der Waals surface area contributed by atoms with Crippen molar-refractivity contribution in [2.75, 3.05) is 0 Å². The SMILES string of the molecule is S=C(NN=Cc1cccc2ccccc12)NC1CC2CCC1C2. The number of rotatable bonds is 3. The Kier molecular flexibility index (Phi) is 4.00. The summed E-state index contributed by atoms with van der Waals surface area (Å²) < 4.78 is 0. The normalized spacial score (nSPS) is 26.0. The summed E-state index contributed by atoms with van der Waals surface area (Å²) in [7, 11) is 0. The number of nitrogens with one attached hydrogen (secondary N) is 2. The van der Waals surface area contributed by atoms with Crippen LogP contribution in [0.1, 0.15) is 31.2 Å². The monoisotopic (exact) mass is 323 g/mol. The van der Waals surface area contributed by atoms with Gasteiger partial charge in [0, 0.05) is 11.6 Å². The highest BCUT2D eigenvalue weighted by Gasteiger charge is 2.39. The number of hydrazone groups is 1. The topological polar surface area (TPSA) is 36.4 Å². The fourth-order valence-corrected chi connectivity index (χ4v) is 4.35. The maximum absolute atomic E-state index is 5.38. The van der Waals surface area contributed by atoms with E-state index in [1.165, 1.54) is 36.5 Å². The van der Waals surface area contributed by atoms with E-state index < -0.39 is 0 Å². The summed E-state index contributed by atoms with van der Waals surface area (Å²) in [4.78, 5) is 0. The van der Waals surface area contributed by atoms with Gasteiger partial charge in [-0.1, -0.05) is 48.9 Å². The van der Waals surface area contributed by atoms with E-state index in [4.69, 9.17) is 12.2 Å². The second-order valence-electron chi connectivity index (χ2n) is 6.69. The molecule has 0 aromatic heterocycles. The zero-order valence-corrected chi connectivity index (χ0v) is 13.9. The predicted octanol–water partition coefficient (Wildman–Crippen LogP) is 3.83. The molecule has 2 aromatic rings. The third-order valence-corrected chi connectivity index (χ3v) is 5.46. The van der Waals surface area contributed by atoms with Gasteiger partial charge < -0.3 is 5.32 Å². The molecule has 0 aliphatic heterocycles. The molecule has 3 atom stereocenters. The van der Waals surface area contributed by atoms with Gasteiger partial charge in [0.05, 0.1) is 6.21 Å². The standard InChI is InChI=1S/C19H21N3S/c23-19(21-18-11-13-8-9-15(18)10-13)22-20-12-16-6-3-5-14-4-1-2-7-17(14)16/h1-7,12-13,15,18H,8-11H2,(H2,21,22,23). The van der Waals surface area contributed by atoms with Crippen LogP contribution in [0.2, 0.25) is 0 Å². The van der Waals surface area contributed by atoms with Crippen molar-refractivity contribution in [1.82, 2.24) is 10.7 Å². The number of hydrogen-bond acceptors (Lipinski definition) is 2. The van der Waals surface area contributed by atoms with E-state index in [1.807, 2.05) is 6.21 Å². The molecule has 2 saturated carbocycles. The lowest BCUT2D eigenvalue weighted by Crippen LogP contribution is -2.42. The lowest BCUT2D eigenvalue weighted by atomic mass is 9.96. The molecule has 2 aliphatic carbocycles. The Hall–Kier alpha value is -1.94. The molecule has 2 aromatic carbocycles. The number of fused-ring (bicyclic) bond motifs is 3. The minimum atomic E-state index is 0.543. The van der Waals surface area contributed by atoms with Gasteiger partial charge in [-0.25, -0.2) is 0 Å². The maximum atomic E-state index is 5.38. The smallest absolute Gasteiger partial charge is 0.187 e. The molecular weight excluding hydrogens is 302 g/mol. The van der Waals surface area contributed by atoms with Crippen molar-refractivity contribution in [3.05, 3.63) is 48.0 Å². The van der Waals surface area contributed by atoms with E-state index in [-0.39, 0.29) is 0 Å². The van der Waals surface area contributed by atoms with Crippen molar-refractivity contribution in [1.29, 1.82) is 0 Å². The molecule has 2 fully saturated rings. The zero-order valence-electron chi connectivity index (χ0n) is 13.0.